The summed E-state index contributed by atoms with van der Waals surface area (Å²) in [7, 11) is 0. The number of benzene rings is 1. The van der Waals surface area contributed by atoms with Crippen molar-refractivity contribution in [2.24, 2.45) is 0 Å². The molecule has 1 aromatic carbocycles. The summed E-state index contributed by atoms with van der Waals surface area (Å²) in [6.07, 6.45) is 3.22. The molecule has 0 amide bonds. The van der Waals surface area contributed by atoms with E-state index in [0.29, 0.717) is 6.04 Å². The Bertz CT molecular complexity index is 295. The Morgan fingerprint density at radius 1 is 1.29 bits per heavy atom. The van der Waals surface area contributed by atoms with Gasteiger partial charge in [-0.3, -0.25) is 0 Å². The third-order valence-corrected chi connectivity index (χ3v) is 3.04. The summed E-state index contributed by atoms with van der Waals surface area (Å²) in [6.45, 7) is 0.742. The fraction of sp³-hybridized carbons (Fsp3) is 0.455. The molecule has 0 radical (unpaired) electrons. The van der Waals surface area contributed by atoms with Gasteiger partial charge in [-0.1, -0.05) is 28.1 Å². The number of nitrogens with zero attached hydrogens (tertiary/aromatic N) is 1. The largest absolute Gasteiger partial charge is 0.314 e. The van der Waals surface area contributed by atoms with Crippen LogP contribution in [0.5, 0.6) is 0 Å². The highest BCUT2D eigenvalue weighted by Crippen LogP contribution is 2.25. The molecule has 1 aromatic rings. The van der Waals surface area contributed by atoms with Crippen molar-refractivity contribution in [2.75, 3.05) is 6.54 Å². The van der Waals surface area contributed by atoms with E-state index in [9.17, 15) is 5.21 Å². The number of rotatable bonds is 4. The Hall–Kier alpha value is -0.380. The van der Waals surface area contributed by atoms with Gasteiger partial charge < -0.3 is 5.21 Å². The minimum atomic E-state index is 0.436. The predicted octanol–water partition coefficient (Wildman–Crippen LogP) is 2.85. The van der Waals surface area contributed by atoms with E-state index < -0.39 is 0 Å². The van der Waals surface area contributed by atoms with Gasteiger partial charge in [0.15, 0.2) is 0 Å². The molecule has 0 aromatic heterocycles. The lowest BCUT2D eigenvalue weighted by molar-refractivity contribution is -0.0982. The van der Waals surface area contributed by atoms with E-state index >= 15 is 0 Å². The summed E-state index contributed by atoms with van der Waals surface area (Å²) in [6, 6.07) is 8.68. The van der Waals surface area contributed by atoms with Gasteiger partial charge >= 0.3 is 0 Å². The highest BCUT2D eigenvalue weighted by atomic mass is 79.9. The Kier molecular flexibility index (Phi) is 3.21. The minimum absolute atomic E-state index is 0.436. The second-order valence-corrected chi connectivity index (χ2v) is 4.69. The molecule has 3 heteroatoms. The van der Waals surface area contributed by atoms with Crippen molar-refractivity contribution < 1.29 is 5.21 Å². The highest BCUT2D eigenvalue weighted by Gasteiger charge is 2.27. The first-order valence-corrected chi connectivity index (χ1v) is 5.75. The fourth-order valence-electron chi connectivity index (χ4n) is 1.45. The van der Waals surface area contributed by atoms with Crippen LogP contribution in [-0.2, 0) is 6.42 Å². The van der Waals surface area contributed by atoms with Crippen LogP contribution in [0.2, 0.25) is 0 Å². The van der Waals surface area contributed by atoms with E-state index in [4.69, 9.17) is 0 Å². The summed E-state index contributed by atoms with van der Waals surface area (Å²) < 4.78 is 1.10. The molecule has 0 atom stereocenters. The Morgan fingerprint density at radius 3 is 2.50 bits per heavy atom. The maximum absolute atomic E-state index is 9.53. The predicted molar refractivity (Wildman–Crippen MR) is 59.4 cm³/mol. The molecule has 0 saturated heterocycles. The van der Waals surface area contributed by atoms with E-state index in [1.807, 2.05) is 12.1 Å². The van der Waals surface area contributed by atoms with Crippen molar-refractivity contribution in [3.63, 3.8) is 0 Å². The zero-order valence-corrected chi connectivity index (χ0v) is 9.57. The quantitative estimate of drug-likeness (QED) is 0.837. The van der Waals surface area contributed by atoms with Crippen molar-refractivity contribution in [3.8, 4) is 0 Å². The molecule has 0 bridgehead atoms. The maximum atomic E-state index is 9.53. The zero-order valence-electron chi connectivity index (χ0n) is 7.99. The van der Waals surface area contributed by atoms with Crippen LogP contribution in [0.1, 0.15) is 18.4 Å². The highest BCUT2D eigenvalue weighted by molar-refractivity contribution is 9.10. The summed E-state index contributed by atoms with van der Waals surface area (Å²) in [4.78, 5) is 0. The van der Waals surface area contributed by atoms with Gasteiger partial charge in [0.05, 0.1) is 0 Å². The molecule has 1 aliphatic rings. The van der Waals surface area contributed by atoms with E-state index in [0.717, 1.165) is 30.3 Å². The molecule has 2 rings (SSSR count). The third kappa shape index (κ3) is 2.80. The van der Waals surface area contributed by atoms with Crippen LogP contribution in [0.25, 0.3) is 0 Å². The summed E-state index contributed by atoms with van der Waals surface area (Å²) in [5.41, 5.74) is 1.27. The zero-order chi connectivity index (χ0) is 9.97. The number of hydrogen-bond acceptors (Lipinski definition) is 2. The maximum Gasteiger partial charge on any atom is 0.0351 e. The topological polar surface area (TPSA) is 23.5 Å². The lowest BCUT2D eigenvalue weighted by atomic mass is 10.1. The third-order valence-electron chi connectivity index (χ3n) is 2.51. The lowest BCUT2D eigenvalue weighted by Crippen LogP contribution is -2.24. The molecule has 1 saturated carbocycles. The van der Waals surface area contributed by atoms with Crippen LogP contribution in [0.4, 0.5) is 0 Å². The first-order chi connectivity index (χ1) is 6.75. The van der Waals surface area contributed by atoms with Gasteiger partial charge in [-0.05, 0) is 37.0 Å². The van der Waals surface area contributed by atoms with Gasteiger partial charge in [0.2, 0.25) is 0 Å². The Morgan fingerprint density at radius 2 is 1.93 bits per heavy atom. The normalized spacial score (nSPS) is 16.2. The molecule has 1 aliphatic carbocycles. The number of hydroxylamine groups is 2. The molecule has 2 nitrogen and oxygen atoms in total. The smallest absolute Gasteiger partial charge is 0.0351 e. The van der Waals surface area contributed by atoms with E-state index in [-0.39, 0.29) is 0 Å². The molecule has 1 fully saturated rings. The van der Waals surface area contributed by atoms with Crippen LogP contribution in [0.3, 0.4) is 0 Å². The average Bonchev–Trinajstić information content (AvgIpc) is 3.00. The second-order valence-electron chi connectivity index (χ2n) is 3.77. The van der Waals surface area contributed by atoms with Crippen molar-refractivity contribution in [1.82, 2.24) is 5.06 Å². The van der Waals surface area contributed by atoms with Crippen LogP contribution in [0, 0.1) is 0 Å². The lowest BCUT2D eigenvalue weighted by Gasteiger charge is -2.12. The minimum Gasteiger partial charge on any atom is -0.314 e. The number of halogens is 1. The fourth-order valence-corrected chi connectivity index (χ4v) is 1.71. The Labute approximate surface area is 92.6 Å². The standard InChI is InChI=1S/C11H14BrNO/c12-10-3-1-9(2-4-10)7-8-13(14)11-5-6-11/h1-4,11,14H,5-8H2. The first kappa shape index (κ1) is 10.1. The summed E-state index contributed by atoms with van der Waals surface area (Å²) in [5, 5.41) is 11.0. The molecule has 0 heterocycles. The molecule has 0 aliphatic heterocycles. The summed E-state index contributed by atoms with van der Waals surface area (Å²) >= 11 is 3.40. The molecular formula is C11H14BrNO. The molecule has 76 valence electrons. The SMILES string of the molecule is ON(CCc1ccc(Br)cc1)C1CC1. The van der Waals surface area contributed by atoms with E-state index in [2.05, 4.69) is 28.1 Å². The second kappa shape index (κ2) is 4.43. The van der Waals surface area contributed by atoms with Gasteiger partial charge in [0.25, 0.3) is 0 Å². The monoisotopic (exact) mass is 255 g/mol. The molecule has 0 spiro atoms. The molecule has 0 unspecified atom stereocenters. The van der Waals surface area contributed by atoms with Crippen molar-refractivity contribution in [3.05, 3.63) is 34.3 Å². The van der Waals surface area contributed by atoms with Crippen molar-refractivity contribution in [2.45, 2.75) is 25.3 Å². The van der Waals surface area contributed by atoms with E-state index in [1.165, 1.54) is 10.6 Å². The van der Waals surface area contributed by atoms with Crippen molar-refractivity contribution >= 4 is 15.9 Å². The van der Waals surface area contributed by atoms with Crippen LogP contribution >= 0.6 is 15.9 Å². The van der Waals surface area contributed by atoms with Gasteiger partial charge in [0, 0.05) is 17.1 Å². The van der Waals surface area contributed by atoms with Gasteiger partial charge in [-0.2, -0.15) is 5.06 Å². The van der Waals surface area contributed by atoms with Crippen molar-refractivity contribution in [1.29, 1.82) is 0 Å². The molecule has 14 heavy (non-hydrogen) atoms. The summed E-state index contributed by atoms with van der Waals surface area (Å²) in [5.74, 6) is 0. The molecule has 1 N–H and O–H groups in total. The van der Waals surface area contributed by atoms with Crippen LogP contribution < -0.4 is 0 Å². The van der Waals surface area contributed by atoms with Crippen LogP contribution in [-0.4, -0.2) is 22.9 Å². The van der Waals surface area contributed by atoms with Crippen LogP contribution in [0.15, 0.2) is 28.7 Å². The van der Waals surface area contributed by atoms with Gasteiger partial charge in [0.1, 0.15) is 0 Å². The Balaban J connectivity index is 1.82. The molecular weight excluding hydrogens is 242 g/mol. The first-order valence-electron chi connectivity index (χ1n) is 4.95. The van der Waals surface area contributed by atoms with E-state index in [1.54, 1.807) is 0 Å². The van der Waals surface area contributed by atoms with Gasteiger partial charge in [-0.15, -0.1) is 0 Å². The number of hydrogen-bond donors (Lipinski definition) is 1. The average molecular weight is 256 g/mol. The van der Waals surface area contributed by atoms with Gasteiger partial charge in [-0.25, -0.2) is 0 Å².